The molecule has 3 N–H and O–H groups in total. The highest BCUT2D eigenvalue weighted by Gasteiger charge is 2.21. The van der Waals surface area contributed by atoms with Gasteiger partial charge in [-0.3, -0.25) is 0 Å². The summed E-state index contributed by atoms with van der Waals surface area (Å²) >= 11 is 0. The monoisotopic (exact) mass is 518 g/mol. The van der Waals surface area contributed by atoms with Crippen LogP contribution < -0.4 is 24.8 Å². The number of nitrogens with one attached hydrogen (secondary N) is 2. The molecule has 1 aliphatic rings. The lowest BCUT2D eigenvalue weighted by Crippen LogP contribution is -2.13. The first-order chi connectivity index (χ1) is 18.6. The highest BCUT2D eigenvalue weighted by atomic mass is 16.5. The summed E-state index contributed by atoms with van der Waals surface area (Å²) in [6, 6.07) is 11.3. The van der Waals surface area contributed by atoms with E-state index in [4.69, 9.17) is 29.2 Å². The van der Waals surface area contributed by atoms with Crippen LogP contribution in [0.1, 0.15) is 43.7 Å². The zero-order chi connectivity index (χ0) is 26.5. The quantitative estimate of drug-likeness (QED) is 0.252. The molecule has 0 aliphatic heterocycles. The molecule has 0 atom stereocenters. The van der Waals surface area contributed by atoms with Crippen LogP contribution in [0.2, 0.25) is 0 Å². The first kappa shape index (κ1) is 25.4. The van der Waals surface area contributed by atoms with Crippen molar-refractivity contribution in [3.05, 3.63) is 48.3 Å². The maximum absolute atomic E-state index is 9.56. The summed E-state index contributed by atoms with van der Waals surface area (Å²) in [5.41, 5.74) is 3.37. The Morgan fingerprint density at radius 3 is 2.32 bits per heavy atom. The number of anilines is 3. The number of methoxy groups -OCH3 is 3. The van der Waals surface area contributed by atoms with Gasteiger partial charge in [0.25, 0.3) is 0 Å². The Balaban J connectivity index is 1.48. The van der Waals surface area contributed by atoms with Crippen molar-refractivity contribution in [2.75, 3.05) is 38.5 Å². The predicted molar refractivity (Wildman–Crippen MR) is 147 cm³/mol. The number of hydrogen-bond acceptors (Lipinski definition) is 9. The van der Waals surface area contributed by atoms with Gasteiger partial charge < -0.3 is 34.5 Å². The average molecular weight is 519 g/mol. The van der Waals surface area contributed by atoms with E-state index in [9.17, 15) is 5.11 Å². The lowest BCUT2D eigenvalue weighted by atomic mass is 9.95. The second-order valence-electron chi connectivity index (χ2n) is 9.39. The second-order valence-corrected chi connectivity index (χ2v) is 9.39. The Morgan fingerprint density at radius 2 is 1.66 bits per heavy atom. The van der Waals surface area contributed by atoms with E-state index >= 15 is 0 Å². The molecule has 0 radical (unpaired) electrons. The van der Waals surface area contributed by atoms with E-state index in [1.165, 1.54) is 19.3 Å². The number of nitrogens with zero attached hydrogens (tertiary/aromatic N) is 4. The van der Waals surface area contributed by atoms with Crippen molar-refractivity contribution in [2.24, 2.45) is 0 Å². The zero-order valence-electron chi connectivity index (χ0n) is 22.0. The molecule has 0 saturated heterocycles. The highest BCUT2D eigenvalue weighted by Crippen LogP contribution is 2.40. The van der Waals surface area contributed by atoms with Gasteiger partial charge in [-0.25, -0.2) is 4.98 Å². The molecule has 0 unspecified atom stereocenters. The number of aromatic nitrogens is 4. The molecule has 0 bridgehead atoms. The largest absolute Gasteiger partial charge is 0.508 e. The van der Waals surface area contributed by atoms with Gasteiger partial charge in [-0.15, -0.1) is 0 Å². The Hall–Kier alpha value is -4.21. The zero-order valence-corrected chi connectivity index (χ0v) is 22.0. The highest BCUT2D eigenvalue weighted by molar-refractivity contribution is 5.85. The lowest BCUT2D eigenvalue weighted by molar-refractivity contribution is 0.324. The van der Waals surface area contributed by atoms with E-state index < -0.39 is 0 Å². The summed E-state index contributed by atoms with van der Waals surface area (Å²) in [4.78, 5) is 14.4. The molecule has 0 spiro atoms. The van der Waals surface area contributed by atoms with Crippen molar-refractivity contribution in [2.45, 2.75) is 44.6 Å². The van der Waals surface area contributed by atoms with Gasteiger partial charge >= 0.3 is 0 Å². The number of ether oxygens (including phenoxy) is 3. The molecule has 5 rings (SSSR count). The first-order valence-corrected chi connectivity index (χ1v) is 12.9. The van der Waals surface area contributed by atoms with Crippen LogP contribution in [0.3, 0.4) is 0 Å². The molecule has 38 heavy (non-hydrogen) atoms. The van der Waals surface area contributed by atoms with Gasteiger partial charge in [-0.2, -0.15) is 9.97 Å². The van der Waals surface area contributed by atoms with Crippen LogP contribution in [0.5, 0.6) is 23.0 Å². The molecule has 10 heteroatoms. The fourth-order valence-electron chi connectivity index (χ4n) is 4.99. The standard InChI is InChI=1S/C28H34N6O4/c1-36-22-15-19(16-23(37-2)25(22)38-3)31-28-32-26(29-14-13-18-9-11-21(35)12-10-18)24-27(33-28)34(17-30-24)20-7-5-4-6-8-20/h9-12,15-17,20,35H,4-8,13-14H2,1-3H3,(H2,29,31,32,33). The third-order valence-electron chi connectivity index (χ3n) is 6.95. The van der Waals surface area contributed by atoms with Gasteiger partial charge in [0.05, 0.1) is 27.7 Å². The minimum Gasteiger partial charge on any atom is -0.508 e. The van der Waals surface area contributed by atoms with Crippen LogP contribution in [0, 0.1) is 0 Å². The van der Waals surface area contributed by atoms with Crippen LogP contribution in [0.4, 0.5) is 17.5 Å². The van der Waals surface area contributed by atoms with Crippen molar-refractivity contribution in [1.29, 1.82) is 0 Å². The predicted octanol–water partition coefficient (Wildman–Crippen LogP) is 5.46. The summed E-state index contributed by atoms with van der Waals surface area (Å²) in [5.74, 6) is 2.96. The van der Waals surface area contributed by atoms with Gasteiger partial charge in [0.2, 0.25) is 11.7 Å². The minimum atomic E-state index is 0.259. The molecular formula is C28H34N6O4. The van der Waals surface area contributed by atoms with Crippen molar-refractivity contribution in [3.8, 4) is 23.0 Å². The first-order valence-electron chi connectivity index (χ1n) is 12.9. The van der Waals surface area contributed by atoms with Gasteiger partial charge in [0.15, 0.2) is 28.5 Å². The number of phenolic OH excluding ortho intramolecular Hbond substituents is 1. The molecule has 1 aliphatic carbocycles. The van der Waals surface area contributed by atoms with E-state index in [-0.39, 0.29) is 5.75 Å². The number of benzene rings is 2. The third-order valence-corrected chi connectivity index (χ3v) is 6.95. The Labute approximate surface area is 222 Å². The number of aromatic hydroxyl groups is 1. The number of imidazole rings is 1. The van der Waals surface area contributed by atoms with E-state index in [2.05, 4.69) is 15.2 Å². The molecule has 1 fully saturated rings. The maximum atomic E-state index is 9.56. The number of fused-ring (bicyclic) bond motifs is 1. The Morgan fingerprint density at radius 1 is 0.947 bits per heavy atom. The minimum absolute atomic E-state index is 0.259. The molecule has 2 aromatic carbocycles. The molecular weight excluding hydrogens is 484 g/mol. The molecule has 2 heterocycles. The van der Waals surface area contributed by atoms with Gasteiger partial charge in [0.1, 0.15) is 5.75 Å². The van der Waals surface area contributed by atoms with Gasteiger partial charge in [-0.05, 0) is 37.0 Å². The topological polar surface area (TPSA) is 116 Å². The molecule has 200 valence electrons. The van der Waals surface area contributed by atoms with Crippen molar-refractivity contribution in [1.82, 2.24) is 19.5 Å². The number of rotatable bonds is 10. The fraction of sp³-hybridized carbons (Fsp3) is 0.393. The van der Waals surface area contributed by atoms with Crippen LogP contribution in [0.25, 0.3) is 11.2 Å². The Bertz CT molecular complexity index is 1360. The second kappa shape index (κ2) is 11.5. The molecule has 1 saturated carbocycles. The van der Waals surface area contributed by atoms with Gasteiger partial charge in [-0.1, -0.05) is 31.4 Å². The molecule has 2 aromatic heterocycles. The summed E-state index contributed by atoms with van der Waals surface area (Å²) in [6.07, 6.45) is 8.60. The molecule has 10 nitrogen and oxygen atoms in total. The smallest absolute Gasteiger partial charge is 0.231 e. The summed E-state index contributed by atoms with van der Waals surface area (Å²) in [6.45, 7) is 0.650. The maximum Gasteiger partial charge on any atom is 0.231 e. The summed E-state index contributed by atoms with van der Waals surface area (Å²) in [7, 11) is 4.75. The van der Waals surface area contributed by atoms with Crippen molar-refractivity contribution >= 4 is 28.6 Å². The normalized spacial score (nSPS) is 13.9. The fourth-order valence-corrected chi connectivity index (χ4v) is 4.99. The van der Waals surface area contributed by atoms with Crippen molar-refractivity contribution < 1.29 is 19.3 Å². The van der Waals surface area contributed by atoms with E-state index in [1.54, 1.807) is 33.5 Å². The lowest BCUT2D eigenvalue weighted by Gasteiger charge is -2.23. The Kier molecular flexibility index (Phi) is 7.67. The van der Waals surface area contributed by atoms with E-state index in [1.807, 2.05) is 30.6 Å². The average Bonchev–Trinajstić information content (AvgIpc) is 3.38. The van der Waals surface area contributed by atoms with Crippen molar-refractivity contribution in [3.63, 3.8) is 0 Å². The third kappa shape index (κ3) is 5.39. The number of phenols is 1. The number of hydrogen-bond donors (Lipinski definition) is 3. The van der Waals surface area contributed by atoms with E-state index in [0.717, 1.165) is 36.0 Å². The van der Waals surface area contributed by atoms with Crippen LogP contribution >= 0.6 is 0 Å². The molecule has 0 amide bonds. The van der Waals surface area contributed by atoms with Crippen LogP contribution in [0.15, 0.2) is 42.7 Å². The SMILES string of the molecule is COc1cc(Nc2nc(NCCc3ccc(O)cc3)c3ncn(C4CCCCC4)c3n2)cc(OC)c1OC. The molecule has 4 aromatic rings. The van der Waals surface area contributed by atoms with E-state index in [0.29, 0.717) is 47.3 Å². The van der Waals surface area contributed by atoms with Crippen LogP contribution in [-0.4, -0.2) is 52.5 Å². The van der Waals surface area contributed by atoms with Crippen LogP contribution in [-0.2, 0) is 6.42 Å². The van der Waals surface area contributed by atoms with Gasteiger partial charge in [0, 0.05) is 30.4 Å². The summed E-state index contributed by atoms with van der Waals surface area (Å²) < 4.78 is 18.7. The summed E-state index contributed by atoms with van der Waals surface area (Å²) in [5, 5.41) is 16.3.